The van der Waals surface area contributed by atoms with Gasteiger partial charge in [0.05, 0.1) is 6.54 Å². The van der Waals surface area contributed by atoms with Crippen molar-refractivity contribution in [1.29, 1.82) is 0 Å². The number of piperidine rings is 1. The molecule has 1 fully saturated rings. The minimum absolute atomic E-state index is 0.160. The van der Waals surface area contributed by atoms with Crippen molar-refractivity contribution < 1.29 is 4.52 Å². The molecule has 1 aromatic rings. The summed E-state index contributed by atoms with van der Waals surface area (Å²) in [6, 6.07) is 0.285. The van der Waals surface area contributed by atoms with Gasteiger partial charge in [0.2, 0.25) is 5.89 Å². The lowest BCUT2D eigenvalue weighted by Crippen LogP contribution is -2.52. The minimum Gasteiger partial charge on any atom is -0.338 e. The molecule has 0 amide bonds. The van der Waals surface area contributed by atoms with Crippen LogP contribution in [-0.4, -0.2) is 34.2 Å². The number of rotatable bonds is 2. The van der Waals surface area contributed by atoms with Crippen molar-refractivity contribution in [3.8, 4) is 0 Å². The van der Waals surface area contributed by atoms with Crippen molar-refractivity contribution in [1.82, 2.24) is 15.0 Å². The van der Waals surface area contributed by atoms with Gasteiger partial charge in [-0.2, -0.15) is 4.98 Å². The first-order valence-electron chi connectivity index (χ1n) is 5.74. The van der Waals surface area contributed by atoms with Crippen molar-refractivity contribution in [2.45, 2.75) is 39.8 Å². The van der Waals surface area contributed by atoms with Gasteiger partial charge in [-0.15, -0.1) is 0 Å². The first-order valence-corrected chi connectivity index (χ1v) is 5.74. The highest BCUT2D eigenvalue weighted by Crippen LogP contribution is 2.28. The third kappa shape index (κ3) is 2.41. The molecule has 1 unspecified atom stereocenters. The van der Waals surface area contributed by atoms with Crippen LogP contribution < -0.4 is 5.73 Å². The zero-order valence-electron chi connectivity index (χ0n) is 10.2. The van der Waals surface area contributed by atoms with Gasteiger partial charge >= 0.3 is 0 Å². The third-order valence-electron chi connectivity index (χ3n) is 3.32. The fourth-order valence-corrected chi connectivity index (χ4v) is 2.22. The molecule has 16 heavy (non-hydrogen) atoms. The van der Waals surface area contributed by atoms with E-state index in [-0.39, 0.29) is 11.5 Å². The van der Waals surface area contributed by atoms with Gasteiger partial charge in [0.1, 0.15) is 0 Å². The summed E-state index contributed by atoms with van der Waals surface area (Å²) >= 11 is 0. The molecule has 1 aliphatic rings. The molecule has 2 N–H and O–H groups in total. The van der Waals surface area contributed by atoms with Gasteiger partial charge in [-0.05, 0) is 18.8 Å². The van der Waals surface area contributed by atoms with Crippen LogP contribution in [0, 0.1) is 12.3 Å². The molecule has 1 atom stereocenters. The van der Waals surface area contributed by atoms with Crippen molar-refractivity contribution >= 4 is 0 Å². The van der Waals surface area contributed by atoms with Crippen LogP contribution in [0.25, 0.3) is 0 Å². The Morgan fingerprint density at radius 2 is 2.31 bits per heavy atom. The number of nitrogens with two attached hydrogens (primary N) is 1. The third-order valence-corrected chi connectivity index (χ3v) is 3.32. The van der Waals surface area contributed by atoms with E-state index in [1.165, 1.54) is 0 Å². The van der Waals surface area contributed by atoms with Crippen LogP contribution in [-0.2, 0) is 6.54 Å². The smallest absolute Gasteiger partial charge is 0.240 e. The molecule has 2 heterocycles. The van der Waals surface area contributed by atoms with E-state index in [9.17, 15) is 0 Å². The average molecular weight is 224 g/mol. The monoisotopic (exact) mass is 224 g/mol. The molecule has 0 bridgehead atoms. The normalized spacial score (nSPS) is 25.9. The van der Waals surface area contributed by atoms with E-state index in [0.29, 0.717) is 11.7 Å². The minimum atomic E-state index is 0.160. The Morgan fingerprint density at radius 1 is 1.56 bits per heavy atom. The lowest BCUT2D eigenvalue weighted by atomic mass is 9.80. The lowest BCUT2D eigenvalue weighted by Gasteiger charge is -2.42. The molecule has 0 aromatic carbocycles. The molecule has 1 aromatic heterocycles. The summed E-state index contributed by atoms with van der Waals surface area (Å²) in [6.45, 7) is 8.98. The molecule has 1 saturated heterocycles. The van der Waals surface area contributed by atoms with Crippen LogP contribution in [0.2, 0.25) is 0 Å². The Kier molecular flexibility index (Phi) is 2.99. The highest BCUT2D eigenvalue weighted by atomic mass is 16.5. The Bertz CT molecular complexity index is 361. The Labute approximate surface area is 96.0 Å². The summed E-state index contributed by atoms with van der Waals surface area (Å²) in [4.78, 5) is 6.55. The predicted octanol–water partition coefficient (Wildman–Crippen LogP) is 0.937. The van der Waals surface area contributed by atoms with Crippen LogP contribution in [0.3, 0.4) is 0 Å². The molecule has 0 radical (unpaired) electrons. The van der Waals surface area contributed by atoms with E-state index in [4.69, 9.17) is 10.3 Å². The maximum atomic E-state index is 6.09. The van der Waals surface area contributed by atoms with Crippen molar-refractivity contribution in [2.24, 2.45) is 11.1 Å². The highest BCUT2D eigenvalue weighted by Gasteiger charge is 2.33. The van der Waals surface area contributed by atoms with Gasteiger partial charge in [0, 0.05) is 19.1 Å². The predicted molar refractivity (Wildman–Crippen MR) is 60.7 cm³/mol. The van der Waals surface area contributed by atoms with Crippen LogP contribution in [0.4, 0.5) is 0 Å². The molecule has 0 saturated carbocycles. The molecule has 5 nitrogen and oxygen atoms in total. The Morgan fingerprint density at radius 3 is 2.88 bits per heavy atom. The van der Waals surface area contributed by atoms with Gasteiger partial charge in [-0.3, -0.25) is 4.90 Å². The summed E-state index contributed by atoms with van der Waals surface area (Å²) in [7, 11) is 0. The number of likely N-dealkylation sites (tertiary alicyclic amines) is 1. The number of aryl methyl sites for hydroxylation is 1. The fourth-order valence-electron chi connectivity index (χ4n) is 2.22. The quantitative estimate of drug-likeness (QED) is 0.809. The van der Waals surface area contributed by atoms with E-state index in [1.807, 2.05) is 6.92 Å². The fraction of sp³-hybridized carbons (Fsp3) is 0.818. The Balaban J connectivity index is 1.97. The zero-order chi connectivity index (χ0) is 11.8. The second-order valence-corrected chi connectivity index (χ2v) is 5.33. The molecule has 1 aliphatic heterocycles. The zero-order valence-corrected chi connectivity index (χ0v) is 10.2. The topological polar surface area (TPSA) is 68.2 Å². The summed E-state index contributed by atoms with van der Waals surface area (Å²) in [5, 5.41) is 3.80. The molecule has 2 rings (SSSR count). The molecule has 5 heteroatoms. The summed E-state index contributed by atoms with van der Waals surface area (Å²) in [5.41, 5.74) is 6.25. The van der Waals surface area contributed by atoms with E-state index in [1.54, 1.807) is 0 Å². The van der Waals surface area contributed by atoms with Gasteiger partial charge in [0.15, 0.2) is 5.82 Å². The first-order chi connectivity index (χ1) is 7.47. The van der Waals surface area contributed by atoms with Crippen molar-refractivity contribution in [2.75, 3.05) is 13.1 Å². The van der Waals surface area contributed by atoms with Gasteiger partial charge in [-0.1, -0.05) is 19.0 Å². The molecule has 90 valence electrons. The SMILES string of the molecule is Cc1noc(CN2CCC(N)C(C)(C)C2)n1. The van der Waals surface area contributed by atoms with Gasteiger partial charge in [-0.25, -0.2) is 0 Å². The summed E-state index contributed by atoms with van der Waals surface area (Å²) in [6.07, 6.45) is 1.03. The molecular weight excluding hydrogens is 204 g/mol. The second kappa shape index (κ2) is 4.14. The molecule has 0 aliphatic carbocycles. The highest BCUT2D eigenvalue weighted by molar-refractivity contribution is 4.91. The van der Waals surface area contributed by atoms with E-state index < -0.39 is 0 Å². The molecular formula is C11H20N4O. The maximum absolute atomic E-state index is 6.09. The lowest BCUT2D eigenvalue weighted by molar-refractivity contribution is 0.0811. The van der Waals surface area contributed by atoms with Crippen LogP contribution in [0.15, 0.2) is 4.52 Å². The summed E-state index contributed by atoms with van der Waals surface area (Å²) in [5.74, 6) is 1.40. The largest absolute Gasteiger partial charge is 0.338 e. The van der Waals surface area contributed by atoms with Crippen LogP contribution >= 0.6 is 0 Å². The van der Waals surface area contributed by atoms with E-state index >= 15 is 0 Å². The number of hydrogen-bond donors (Lipinski definition) is 1. The second-order valence-electron chi connectivity index (χ2n) is 5.33. The van der Waals surface area contributed by atoms with E-state index in [2.05, 4.69) is 28.9 Å². The van der Waals surface area contributed by atoms with Gasteiger partial charge < -0.3 is 10.3 Å². The average Bonchev–Trinajstić information content (AvgIpc) is 2.57. The van der Waals surface area contributed by atoms with Crippen LogP contribution in [0.5, 0.6) is 0 Å². The number of nitrogens with zero attached hydrogens (tertiary/aromatic N) is 3. The maximum Gasteiger partial charge on any atom is 0.240 e. The van der Waals surface area contributed by atoms with Crippen molar-refractivity contribution in [3.63, 3.8) is 0 Å². The van der Waals surface area contributed by atoms with Crippen LogP contribution in [0.1, 0.15) is 32.0 Å². The Hall–Kier alpha value is -0.940. The first kappa shape index (κ1) is 11.5. The summed E-state index contributed by atoms with van der Waals surface area (Å²) < 4.78 is 5.13. The van der Waals surface area contributed by atoms with E-state index in [0.717, 1.165) is 26.1 Å². The molecule has 0 spiro atoms. The standard InChI is InChI=1S/C11H20N4O/c1-8-13-10(16-14-8)6-15-5-4-9(12)11(2,3)7-15/h9H,4-7,12H2,1-3H3. The number of aromatic nitrogens is 2. The van der Waals surface area contributed by atoms with Crippen molar-refractivity contribution in [3.05, 3.63) is 11.7 Å². The number of hydrogen-bond acceptors (Lipinski definition) is 5. The van der Waals surface area contributed by atoms with Gasteiger partial charge in [0.25, 0.3) is 0 Å².